The number of ether oxygens (including phenoxy) is 1. The van der Waals surface area contributed by atoms with Crippen LogP contribution in [0.2, 0.25) is 0 Å². The van der Waals surface area contributed by atoms with Gasteiger partial charge in [-0.15, -0.1) is 27.8 Å². The van der Waals surface area contributed by atoms with Crippen LogP contribution in [0.5, 0.6) is 0 Å². The van der Waals surface area contributed by atoms with Gasteiger partial charge in [0, 0.05) is 0 Å². The van der Waals surface area contributed by atoms with Crippen molar-refractivity contribution < 1.29 is 9.53 Å². The van der Waals surface area contributed by atoms with Gasteiger partial charge in [-0.05, 0) is 47.5 Å². The Kier molecular flexibility index (Phi) is 3.75. The summed E-state index contributed by atoms with van der Waals surface area (Å²) in [4.78, 5) is 18.5. The van der Waals surface area contributed by atoms with Crippen molar-refractivity contribution in [2.75, 3.05) is 0 Å². The topological polar surface area (TPSA) is 82.8 Å². The Morgan fingerprint density at radius 1 is 1.19 bits per heavy atom. The van der Waals surface area contributed by atoms with Gasteiger partial charge >= 0.3 is 5.97 Å². The van der Waals surface area contributed by atoms with Crippen LogP contribution in [0, 0.1) is 0 Å². The van der Waals surface area contributed by atoms with Crippen LogP contribution >= 0.6 is 22.7 Å². The van der Waals surface area contributed by atoms with Crippen LogP contribution in [0.15, 0.2) is 36.4 Å². The highest BCUT2D eigenvalue weighted by atomic mass is 32.1. The van der Waals surface area contributed by atoms with E-state index in [9.17, 15) is 4.79 Å². The van der Waals surface area contributed by atoms with Gasteiger partial charge in [-0.25, -0.2) is 14.5 Å². The number of para-hydroxylation sites is 1. The Hall–Kier alpha value is -2.65. The van der Waals surface area contributed by atoms with Gasteiger partial charge in [0.05, 0.1) is 21.1 Å². The molecule has 0 atom stereocenters. The maximum atomic E-state index is 12.3. The van der Waals surface area contributed by atoms with Gasteiger partial charge in [-0.2, -0.15) is 0 Å². The Labute approximate surface area is 156 Å². The molecule has 1 saturated carbocycles. The molecule has 5 rings (SSSR count). The quantitative estimate of drug-likeness (QED) is 0.489. The second kappa shape index (κ2) is 6.26. The van der Waals surface area contributed by atoms with Crippen LogP contribution in [-0.2, 0) is 11.3 Å². The number of thiazole rings is 1. The van der Waals surface area contributed by atoms with Crippen molar-refractivity contribution in [3.05, 3.63) is 47.1 Å². The average molecular weight is 383 g/mol. The molecule has 0 spiro atoms. The summed E-state index contributed by atoms with van der Waals surface area (Å²) >= 11 is 3.00. The zero-order valence-electron chi connectivity index (χ0n) is 13.5. The number of hydrogen-bond donors (Lipinski definition) is 0. The largest absolute Gasteiger partial charge is 0.453 e. The summed E-state index contributed by atoms with van der Waals surface area (Å²) in [6, 6.07) is 12.0. The zero-order chi connectivity index (χ0) is 17.5. The third-order valence-electron chi connectivity index (χ3n) is 4.10. The first-order chi connectivity index (χ1) is 12.8. The molecule has 26 heavy (non-hydrogen) atoms. The summed E-state index contributed by atoms with van der Waals surface area (Å²) in [5.41, 5.74) is 0.969. The van der Waals surface area contributed by atoms with Crippen molar-refractivity contribution in [2.45, 2.75) is 25.5 Å². The van der Waals surface area contributed by atoms with Crippen LogP contribution < -0.4 is 0 Å². The Morgan fingerprint density at radius 3 is 2.92 bits per heavy atom. The van der Waals surface area contributed by atoms with E-state index in [1.807, 2.05) is 30.3 Å². The fourth-order valence-electron chi connectivity index (χ4n) is 2.65. The third kappa shape index (κ3) is 2.89. The molecule has 0 amide bonds. The van der Waals surface area contributed by atoms with Crippen LogP contribution in [0.3, 0.4) is 0 Å². The first-order valence-corrected chi connectivity index (χ1v) is 9.81. The Morgan fingerprint density at radius 2 is 2.08 bits per heavy atom. The molecule has 4 aromatic rings. The average Bonchev–Trinajstić information content (AvgIpc) is 3.09. The summed E-state index contributed by atoms with van der Waals surface area (Å²) in [5, 5.41) is 12.5. The first kappa shape index (κ1) is 15.6. The van der Waals surface area contributed by atoms with Gasteiger partial charge in [0.2, 0.25) is 0 Å². The summed E-state index contributed by atoms with van der Waals surface area (Å²) in [7, 11) is 0. The molecule has 0 radical (unpaired) electrons. The molecule has 0 unspecified atom stereocenters. The molecule has 1 fully saturated rings. The molecule has 0 aliphatic heterocycles. The predicted octanol–water partition coefficient (Wildman–Crippen LogP) is 3.70. The fraction of sp³-hybridized carbons (Fsp3) is 0.235. The predicted molar refractivity (Wildman–Crippen MR) is 98.1 cm³/mol. The molecule has 1 aliphatic carbocycles. The molecule has 1 aliphatic rings. The van der Waals surface area contributed by atoms with E-state index in [2.05, 4.69) is 20.5 Å². The summed E-state index contributed by atoms with van der Waals surface area (Å²) in [6.45, 7) is 0.0801. The van der Waals surface area contributed by atoms with Gasteiger partial charge in [-0.3, -0.25) is 0 Å². The van der Waals surface area contributed by atoms with Crippen molar-refractivity contribution in [1.29, 1.82) is 0 Å². The first-order valence-electron chi connectivity index (χ1n) is 8.17. The van der Waals surface area contributed by atoms with Crippen LogP contribution in [0.25, 0.3) is 20.1 Å². The monoisotopic (exact) mass is 383 g/mol. The minimum atomic E-state index is -0.368. The summed E-state index contributed by atoms with van der Waals surface area (Å²) in [5.74, 6) is 0.219. The number of tetrazole rings is 1. The SMILES string of the molecule is O=C(OCc1nnnn1C1CC1)c1ccc(-c2nc3ccccc3s2)s1. The van der Waals surface area contributed by atoms with Crippen LogP contribution in [0.1, 0.15) is 34.4 Å². The molecule has 9 heteroatoms. The van der Waals surface area contributed by atoms with Crippen LogP contribution in [0.4, 0.5) is 0 Å². The van der Waals surface area contributed by atoms with Crippen molar-refractivity contribution >= 4 is 38.9 Å². The highest BCUT2D eigenvalue weighted by molar-refractivity contribution is 7.26. The molecule has 0 N–H and O–H groups in total. The number of esters is 1. The third-order valence-corrected chi connectivity index (χ3v) is 6.37. The molecule has 0 bridgehead atoms. The van der Waals surface area contributed by atoms with E-state index >= 15 is 0 Å². The number of fused-ring (bicyclic) bond motifs is 1. The minimum absolute atomic E-state index is 0.0801. The Bertz CT molecular complexity index is 1060. The lowest BCUT2D eigenvalue weighted by Gasteiger charge is -2.03. The lowest BCUT2D eigenvalue weighted by Crippen LogP contribution is -2.09. The molecular formula is C17H13N5O2S2. The Balaban J connectivity index is 1.31. The highest BCUT2D eigenvalue weighted by Crippen LogP contribution is 2.35. The molecule has 130 valence electrons. The van der Waals surface area contributed by atoms with E-state index in [-0.39, 0.29) is 12.6 Å². The number of carbonyl (C=O) groups excluding carboxylic acids is 1. The van der Waals surface area contributed by atoms with Crippen molar-refractivity contribution in [3.63, 3.8) is 0 Å². The fourth-order valence-corrected chi connectivity index (χ4v) is 4.57. The standard InChI is InChI=1S/C17H13N5O2S2/c23-17(24-9-15-19-20-21-22(15)10-5-6-10)14-8-7-13(25-14)16-18-11-3-1-2-4-12(11)26-16/h1-4,7-8,10H,5-6,9H2. The second-order valence-corrected chi connectivity index (χ2v) is 8.11. The number of nitrogens with zero attached hydrogens (tertiary/aromatic N) is 5. The lowest BCUT2D eigenvalue weighted by atomic mass is 10.3. The maximum Gasteiger partial charge on any atom is 0.348 e. The molecule has 3 heterocycles. The number of hydrogen-bond acceptors (Lipinski definition) is 8. The van der Waals surface area contributed by atoms with Crippen molar-refractivity contribution in [2.24, 2.45) is 0 Å². The van der Waals surface area contributed by atoms with Gasteiger partial charge in [0.25, 0.3) is 0 Å². The normalized spacial score (nSPS) is 14.0. The molecular weight excluding hydrogens is 370 g/mol. The number of benzene rings is 1. The van der Waals surface area contributed by atoms with E-state index in [4.69, 9.17) is 4.74 Å². The zero-order valence-corrected chi connectivity index (χ0v) is 15.2. The van der Waals surface area contributed by atoms with Gasteiger partial charge in [0.15, 0.2) is 12.4 Å². The number of thiophene rings is 1. The van der Waals surface area contributed by atoms with Gasteiger partial charge in [-0.1, -0.05) is 12.1 Å². The highest BCUT2D eigenvalue weighted by Gasteiger charge is 2.28. The molecule has 0 saturated heterocycles. The number of rotatable bonds is 5. The summed E-state index contributed by atoms with van der Waals surface area (Å²) in [6.07, 6.45) is 2.14. The van der Waals surface area contributed by atoms with E-state index in [0.717, 1.165) is 32.9 Å². The smallest absolute Gasteiger partial charge is 0.348 e. The number of carbonyl (C=O) groups is 1. The van der Waals surface area contributed by atoms with Crippen molar-refractivity contribution in [3.8, 4) is 9.88 Å². The van der Waals surface area contributed by atoms with E-state index in [1.165, 1.54) is 11.3 Å². The lowest BCUT2D eigenvalue weighted by molar-refractivity contribution is 0.0462. The van der Waals surface area contributed by atoms with Crippen LogP contribution in [-0.4, -0.2) is 31.2 Å². The number of aromatic nitrogens is 5. The van der Waals surface area contributed by atoms with E-state index in [0.29, 0.717) is 16.7 Å². The molecule has 3 aromatic heterocycles. The maximum absolute atomic E-state index is 12.3. The van der Waals surface area contributed by atoms with Gasteiger partial charge in [0.1, 0.15) is 9.88 Å². The van der Waals surface area contributed by atoms with Gasteiger partial charge < -0.3 is 4.74 Å². The molecule has 7 nitrogen and oxygen atoms in total. The van der Waals surface area contributed by atoms with E-state index < -0.39 is 0 Å². The second-order valence-electron chi connectivity index (χ2n) is 6.00. The van der Waals surface area contributed by atoms with E-state index in [1.54, 1.807) is 22.1 Å². The van der Waals surface area contributed by atoms with Crippen molar-refractivity contribution in [1.82, 2.24) is 25.2 Å². The molecule has 1 aromatic carbocycles. The summed E-state index contributed by atoms with van der Waals surface area (Å²) < 4.78 is 8.27. The minimum Gasteiger partial charge on any atom is -0.453 e.